The molecule has 0 aliphatic carbocycles. The highest BCUT2D eigenvalue weighted by atomic mass is 32.2. The van der Waals surface area contributed by atoms with E-state index in [1.165, 1.54) is 6.92 Å². The first kappa shape index (κ1) is 21.5. The van der Waals surface area contributed by atoms with Crippen LogP contribution in [0.5, 0.6) is 11.5 Å². The molecule has 0 N–H and O–H groups in total. The molecule has 1 heterocycles. The Morgan fingerprint density at radius 2 is 1.85 bits per heavy atom. The van der Waals surface area contributed by atoms with Crippen molar-refractivity contribution in [2.24, 2.45) is 0 Å². The molecule has 6 nitrogen and oxygen atoms in total. The molecule has 0 amide bonds. The van der Waals surface area contributed by atoms with E-state index >= 15 is 0 Å². The third-order valence-electron chi connectivity index (χ3n) is 3.87. The topological polar surface area (TPSA) is 65.1 Å². The van der Waals surface area contributed by atoms with Gasteiger partial charge in [0.05, 0.1) is 24.6 Å². The van der Waals surface area contributed by atoms with Crippen molar-refractivity contribution < 1.29 is 23.8 Å². The van der Waals surface area contributed by atoms with Crippen LogP contribution in [0.25, 0.3) is 0 Å². The minimum atomic E-state index is -0.502. The van der Waals surface area contributed by atoms with Gasteiger partial charge in [-0.2, -0.15) is 0 Å². The SMILES string of the molecule is CCOC(=O)C1CSC(COc2ccccc2OCC)N1C(=S)CC(C)=O. The van der Waals surface area contributed by atoms with Gasteiger partial charge in [-0.3, -0.25) is 4.79 Å². The summed E-state index contributed by atoms with van der Waals surface area (Å²) < 4.78 is 16.7. The van der Waals surface area contributed by atoms with Gasteiger partial charge in [-0.05, 0) is 32.9 Å². The van der Waals surface area contributed by atoms with Crippen molar-refractivity contribution in [1.29, 1.82) is 0 Å². The molecule has 1 aromatic carbocycles. The maximum absolute atomic E-state index is 12.3. The summed E-state index contributed by atoms with van der Waals surface area (Å²) in [4.78, 5) is 26.1. The van der Waals surface area contributed by atoms with Crippen molar-refractivity contribution >= 4 is 40.7 Å². The molecule has 0 spiro atoms. The van der Waals surface area contributed by atoms with Crippen molar-refractivity contribution in [2.45, 2.75) is 38.6 Å². The average Bonchev–Trinajstić information content (AvgIpc) is 3.05. The maximum Gasteiger partial charge on any atom is 0.329 e. The normalized spacial score (nSPS) is 18.9. The number of thiocarbonyl (C=S) groups is 1. The van der Waals surface area contributed by atoms with Gasteiger partial charge in [0.2, 0.25) is 0 Å². The highest BCUT2D eigenvalue weighted by molar-refractivity contribution is 8.00. The first-order valence-corrected chi connectivity index (χ1v) is 10.4. The van der Waals surface area contributed by atoms with E-state index in [9.17, 15) is 9.59 Å². The monoisotopic (exact) mass is 411 g/mol. The molecular formula is C19H25NO5S2. The number of nitrogens with zero attached hydrogens (tertiary/aromatic N) is 1. The number of thioether (sulfide) groups is 1. The van der Waals surface area contributed by atoms with Gasteiger partial charge in [-0.15, -0.1) is 11.8 Å². The van der Waals surface area contributed by atoms with Crippen molar-refractivity contribution in [2.75, 3.05) is 25.6 Å². The number of rotatable bonds is 9. The highest BCUT2D eigenvalue weighted by Crippen LogP contribution is 2.33. The van der Waals surface area contributed by atoms with E-state index in [0.717, 1.165) is 0 Å². The summed E-state index contributed by atoms with van der Waals surface area (Å²) in [7, 11) is 0. The Morgan fingerprint density at radius 3 is 2.44 bits per heavy atom. The summed E-state index contributed by atoms with van der Waals surface area (Å²) in [5.74, 6) is 1.48. The molecule has 0 saturated carbocycles. The van der Waals surface area contributed by atoms with E-state index in [-0.39, 0.29) is 23.5 Å². The minimum Gasteiger partial charge on any atom is -0.490 e. The van der Waals surface area contributed by atoms with Crippen LogP contribution in [-0.4, -0.2) is 58.6 Å². The van der Waals surface area contributed by atoms with Gasteiger partial charge in [-0.1, -0.05) is 24.4 Å². The zero-order chi connectivity index (χ0) is 19.8. The van der Waals surface area contributed by atoms with Gasteiger partial charge in [0, 0.05) is 5.75 Å². The summed E-state index contributed by atoms with van der Waals surface area (Å²) in [6, 6.07) is 6.94. The van der Waals surface area contributed by atoms with Crippen LogP contribution in [-0.2, 0) is 14.3 Å². The Morgan fingerprint density at radius 1 is 1.19 bits per heavy atom. The zero-order valence-electron chi connectivity index (χ0n) is 15.8. The van der Waals surface area contributed by atoms with Crippen LogP contribution < -0.4 is 9.47 Å². The molecule has 0 aromatic heterocycles. The molecular weight excluding hydrogens is 386 g/mol. The quantitative estimate of drug-likeness (QED) is 0.454. The molecule has 1 aliphatic rings. The van der Waals surface area contributed by atoms with Crippen LogP contribution in [0.1, 0.15) is 27.2 Å². The number of hydrogen-bond donors (Lipinski definition) is 0. The van der Waals surface area contributed by atoms with Gasteiger partial charge in [0.25, 0.3) is 0 Å². The van der Waals surface area contributed by atoms with E-state index in [1.54, 1.807) is 23.6 Å². The summed E-state index contributed by atoms with van der Waals surface area (Å²) >= 11 is 7.02. The van der Waals surface area contributed by atoms with Gasteiger partial charge in [0.15, 0.2) is 11.5 Å². The fourth-order valence-electron chi connectivity index (χ4n) is 2.76. The summed E-state index contributed by atoms with van der Waals surface area (Å²) in [6.45, 7) is 6.31. The van der Waals surface area contributed by atoms with E-state index in [2.05, 4.69) is 0 Å². The van der Waals surface area contributed by atoms with Gasteiger partial charge in [0.1, 0.15) is 23.8 Å². The number of hydrogen-bond acceptors (Lipinski definition) is 7. The molecule has 2 atom stereocenters. The van der Waals surface area contributed by atoms with Crippen LogP contribution in [0.15, 0.2) is 24.3 Å². The fourth-order valence-corrected chi connectivity index (χ4v) is 4.58. The number of Topliss-reactive ketones (excluding diaryl/α,β-unsaturated/α-hetero) is 1. The lowest BCUT2D eigenvalue weighted by atomic mass is 10.2. The van der Waals surface area contributed by atoms with E-state index in [0.29, 0.717) is 42.1 Å². The van der Waals surface area contributed by atoms with Crippen molar-refractivity contribution in [3.63, 3.8) is 0 Å². The lowest BCUT2D eigenvalue weighted by Gasteiger charge is -2.30. The largest absolute Gasteiger partial charge is 0.490 e. The first-order chi connectivity index (χ1) is 13.0. The lowest BCUT2D eigenvalue weighted by molar-refractivity contribution is -0.147. The summed E-state index contributed by atoms with van der Waals surface area (Å²) in [5, 5.41) is -0.180. The Kier molecular flexibility index (Phi) is 8.37. The number of carbonyl (C=O) groups excluding carboxylic acids is 2. The molecule has 0 radical (unpaired) electrons. The van der Waals surface area contributed by atoms with Crippen LogP contribution in [0.4, 0.5) is 0 Å². The van der Waals surface area contributed by atoms with Crippen LogP contribution in [0.2, 0.25) is 0 Å². The second-order valence-corrected chi connectivity index (χ2v) is 7.61. The predicted octanol–water partition coefficient (Wildman–Crippen LogP) is 3.08. The molecule has 27 heavy (non-hydrogen) atoms. The Labute approximate surface area is 169 Å². The molecule has 1 fully saturated rings. The maximum atomic E-state index is 12.3. The number of carbonyl (C=O) groups is 2. The van der Waals surface area contributed by atoms with Gasteiger partial charge < -0.3 is 19.1 Å². The third-order valence-corrected chi connectivity index (χ3v) is 5.48. The molecule has 148 valence electrons. The van der Waals surface area contributed by atoms with E-state index < -0.39 is 6.04 Å². The molecule has 2 rings (SSSR count). The number of benzene rings is 1. The lowest BCUT2D eigenvalue weighted by Crippen LogP contribution is -2.47. The molecule has 2 unspecified atom stereocenters. The van der Waals surface area contributed by atoms with Crippen LogP contribution >= 0.6 is 24.0 Å². The smallest absolute Gasteiger partial charge is 0.329 e. The molecule has 8 heteroatoms. The van der Waals surface area contributed by atoms with Crippen LogP contribution in [0.3, 0.4) is 0 Å². The second-order valence-electron chi connectivity index (χ2n) is 5.93. The van der Waals surface area contributed by atoms with Gasteiger partial charge >= 0.3 is 5.97 Å². The Balaban J connectivity index is 2.12. The van der Waals surface area contributed by atoms with E-state index in [1.807, 2.05) is 31.2 Å². The van der Waals surface area contributed by atoms with Crippen LogP contribution in [0, 0.1) is 0 Å². The first-order valence-electron chi connectivity index (χ1n) is 8.91. The number of esters is 1. The average molecular weight is 412 g/mol. The molecule has 1 aromatic rings. The van der Waals surface area contributed by atoms with Crippen molar-refractivity contribution in [1.82, 2.24) is 4.90 Å². The molecule has 1 saturated heterocycles. The predicted molar refractivity (Wildman–Crippen MR) is 110 cm³/mol. The number of para-hydroxylation sites is 2. The molecule has 1 aliphatic heterocycles. The van der Waals surface area contributed by atoms with Crippen molar-refractivity contribution in [3.8, 4) is 11.5 Å². The third kappa shape index (κ3) is 5.84. The number of ketones is 1. The second kappa shape index (κ2) is 10.5. The zero-order valence-corrected chi connectivity index (χ0v) is 17.4. The van der Waals surface area contributed by atoms with E-state index in [4.69, 9.17) is 26.4 Å². The summed E-state index contributed by atoms with van der Waals surface area (Å²) in [6.07, 6.45) is 0.123. The Hall–Kier alpha value is -1.80. The minimum absolute atomic E-state index is 0.0409. The van der Waals surface area contributed by atoms with Crippen molar-refractivity contribution in [3.05, 3.63) is 24.3 Å². The standard InChI is InChI=1S/C19H25NO5S2/c1-4-23-15-8-6-7-9-16(15)25-11-18-20(17(26)10-13(3)21)14(12-27-18)19(22)24-5-2/h6-9,14,18H,4-5,10-12H2,1-3H3. The molecule has 0 bridgehead atoms. The van der Waals surface area contributed by atoms with Gasteiger partial charge in [-0.25, -0.2) is 4.79 Å². The summed E-state index contributed by atoms with van der Waals surface area (Å²) in [5.41, 5.74) is 0. The number of ether oxygens (including phenoxy) is 3. The highest BCUT2D eigenvalue weighted by Gasteiger charge is 2.41. The Bertz CT molecular complexity index is 682. The fraction of sp³-hybridized carbons (Fsp3) is 0.526.